The fraction of sp³-hybridized carbons (Fsp3) is 0.0556. The van der Waals surface area contributed by atoms with Crippen LogP contribution in [-0.4, -0.2) is 23.3 Å². The number of nitrogens with one attached hydrogen (secondary N) is 1. The minimum atomic E-state index is -0.913. The standard InChI is InChI=1S/C18H11F2NO4/c19-10-5-6-14(20)13(7-10)16(22)9-25-18(24)12-8-17(23)21-15-4-2-1-3-11(12)15/h1-8H,9H2,(H,21,23). The Balaban J connectivity index is 1.83. The Kier molecular flexibility index (Phi) is 4.38. The number of Topliss-reactive ketones (excluding diaryl/α,β-unsaturated/α-hetero) is 1. The summed E-state index contributed by atoms with van der Waals surface area (Å²) in [7, 11) is 0. The Hall–Kier alpha value is -3.35. The van der Waals surface area contributed by atoms with Crippen molar-refractivity contribution in [2.24, 2.45) is 0 Å². The molecule has 126 valence electrons. The predicted octanol–water partition coefficient (Wildman–Crippen LogP) is 2.85. The number of pyridine rings is 1. The van der Waals surface area contributed by atoms with Gasteiger partial charge in [0.1, 0.15) is 11.6 Å². The third kappa shape index (κ3) is 3.45. The third-order valence-corrected chi connectivity index (χ3v) is 3.53. The van der Waals surface area contributed by atoms with Crippen LogP contribution >= 0.6 is 0 Å². The highest BCUT2D eigenvalue weighted by atomic mass is 19.1. The predicted molar refractivity (Wildman–Crippen MR) is 85.5 cm³/mol. The lowest BCUT2D eigenvalue weighted by Gasteiger charge is -2.07. The van der Waals surface area contributed by atoms with Crippen molar-refractivity contribution in [3.05, 3.63) is 81.6 Å². The number of halogens is 2. The van der Waals surface area contributed by atoms with E-state index in [4.69, 9.17) is 4.74 Å². The van der Waals surface area contributed by atoms with E-state index in [2.05, 4.69) is 4.98 Å². The second kappa shape index (κ2) is 6.64. The van der Waals surface area contributed by atoms with Crippen molar-refractivity contribution in [2.45, 2.75) is 0 Å². The quantitative estimate of drug-likeness (QED) is 0.584. The first kappa shape index (κ1) is 16.5. The molecule has 0 atom stereocenters. The Bertz CT molecular complexity index is 1040. The van der Waals surface area contributed by atoms with Crippen LogP contribution in [0.4, 0.5) is 8.78 Å². The molecular weight excluding hydrogens is 332 g/mol. The molecule has 0 aliphatic carbocycles. The number of rotatable bonds is 4. The van der Waals surface area contributed by atoms with Crippen molar-refractivity contribution in [3.63, 3.8) is 0 Å². The Morgan fingerprint density at radius 2 is 1.76 bits per heavy atom. The molecule has 0 aliphatic heterocycles. The van der Waals surface area contributed by atoms with Gasteiger partial charge in [-0.05, 0) is 24.3 Å². The van der Waals surface area contributed by atoms with Gasteiger partial charge in [-0.15, -0.1) is 0 Å². The van der Waals surface area contributed by atoms with E-state index < -0.39 is 41.1 Å². The highest BCUT2D eigenvalue weighted by molar-refractivity contribution is 6.05. The van der Waals surface area contributed by atoms with Crippen LogP contribution < -0.4 is 5.56 Å². The number of ketones is 1. The lowest BCUT2D eigenvalue weighted by molar-refractivity contribution is 0.0475. The van der Waals surface area contributed by atoms with Crippen molar-refractivity contribution in [1.82, 2.24) is 4.98 Å². The number of hydrogen-bond acceptors (Lipinski definition) is 4. The maximum Gasteiger partial charge on any atom is 0.339 e. The molecule has 25 heavy (non-hydrogen) atoms. The van der Waals surface area contributed by atoms with Gasteiger partial charge in [-0.1, -0.05) is 18.2 Å². The number of aromatic nitrogens is 1. The van der Waals surface area contributed by atoms with Gasteiger partial charge in [0.05, 0.1) is 11.1 Å². The molecule has 0 saturated carbocycles. The van der Waals surface area contributed by atoms with Crippen LogP contribution in [0.5, 0.6) is 0 Å². The van der Waals surface area contributed by atoms with Gasteiger partial charge in [-0.2, -0.15) is 0 Å². The number of aromatic amines is 1. The van der Waals surface area contributed by atoms with Crippen molar-refractivity contribution in [2.75, 3.05) is 6.61 Å². The molecule has 0 unspecified atom stereocenters. The van der Waals surface area contributed by atoms with Gasteiger partial charge in [0, 0.05) is 17.0 Å². The molecule has 2 aromatic carbocycles. The van der Waals surface area contributed by atoms with Crippen molar-refractivity contribution >= 4 is 22.7 Å². The molecule has 0 spiro atoms. The zero-order valence-corrected chi connectivity index (χ0v) is 12.7. The molecule has 5 nitrogen and oxygen atoms in total. The van der Waals surface area contributed by atoms with Crippen molar-refractivity contribution < 1.29 is 23.1 Å². The van der Waals surface area contributed by atoms with Gasteiger partial charge in [-0.3, -0.25) is 9.59 Å². The van der Waals surface area contributed by atoms with Crippen LogP contribution in [0, 0.1) is 11.6 Å². The minimum absolute atomic E-state index is 0.0214. The number of hydrogen-bond donors (Lipinski definition) is 1. The zero-order valence-electron chi connectivity index (χ0n) is 12.7. The monoisotopic (exact) mass is 343 g/mol. The number of fused-ring (bicyclic) bond motifs is 1. The first-order chi connectivity index (χ1) is 12.0. The summed E-state index contributed by atoms with van der Waals surface area (Å²) in [5, 5.41) is 0.441. The molecule has 0 bridgehead atoms. The molecule has 0 radical (unpaired) electrons. The zero-order chi connectivity index (χ0) is 18.0. The number of ether oxygens (including phenoxy) is 1. The lowest BCUT2D eigenvalue weighted by atomic mass is 10.1. The number of carbonyl (C=O) groups excluding carboxylic acids is 2. The fourth-order valence-electron chi connectivity index (χ4n) is 2.37. The topological polar surface area (TPSA) is 76.2 Å². The smallest absolute Gasteiger partial charge is 0.339 e. The third-order valence-electron chi connectivity index (χ3n) is 3.53. The van der Waals surface area contributed by atoms with E-state index in [1.807, 2.05) is 0 Å². The first-order valence-electron chi connectivity index (χ1n) is 7.23. The van der Waals surface area contributed by atoms with E-state index >= 15 is 0 Å². The van der Waals surface area contributed by atoms with Gasteiger partial charge in [0.15, 0.2) is 6.61 Å². The molecule has 3 rings (SSSR count). The van der Waals surface area contributed by atoms with Gasteiger partial charge >= 0.3 is 5.97 Å². The Morgan fingerprint density at radius 1 is 1.00 bits per heavy atom. The van der Waals surface area contributed by atoms with Crippen LogP contribution in [0.25, 0.3) is 10.9 Å². The largest absolute Gasteiger partial charge is 0.454 e. The highest BCUT2D eigenvalue weighted by Gasteiger charge is 2.18. The highest BCUT2D eigenvalue weighted by Crippen LogP contribution is 2.16. The van der Waals surface area contributed by atoms with Gasteiger partial charge in [-0.25, -0.2) is 13.6 Å². The van der Waals surface area contributed by atoms with Crippen LogP contribution in [0.3, 0.4) is 0 Å². The Morgan fingerprint density at radius 3 is 2.56 bits per heavy atom. The van der Waals surface area contributed by atoms with Crippen LogP contribution in [-0.2, 0) is 4.74 Å². The number of esters is 1. The summed E-state index contributed by atoms with van der Waals surface area (Å²) < 4.78 is 31.6. The summed E-state index contributed by atoms with van der Waals surface area (Å²) in [6.45, 7) is -0.777. The SMILES string of the molecule is O=C(COC(=O)c1cc(=O)[nH]c2ccccc12)c1cc(F)ccc1F. The van der Waals surface area contributed by atoms with Gasteiger partial charge < -0.3 is 9.72 Å². The summed E-state index contributed by atoms with van der Waals surface area (Å²) in [6.07, 6.45) is 0. The van der Waals surface area contributed by atoms with E-state index in [-0.39, 0.29) is 5.56 Å². The Labute approximate surface area is 139 Å². The summed E-state index contributed by atoms with van der Waals surface area (Å²) in [5.41, 5.74) is -0.604. The van der Waals surface area contributed by atoms with Crippen LogP contribution in [0.2, 0.25) is 0 Å². The average Bonchev–Trinajstić information content (AvgIpc) is 2.60. The van der Waals surface area contributed by atoms with Crippen molar-refractivity contribution in [1.29, 1.82) is 0 Å². The lowest BCUT2D eigenvalue weighted by Crippen LogP contribution is -2.18. The van der Waals surface area contributed by atoms with E-state index in [0.29, 0.717) is 10.9 Å². The summed E-state index contributed by atoms with van der Waals surface area (Å²) in [6, 6.07) is 10.0. The molecule has 1 N–H and O–H groups in total. The summed E-state index contributed by atoms with van der Waals surface area (Å²) in [5.74, 6) is -3.49. The molecule has 3 aromatic rings. The van der Waals surface area contributed by atoms with Crippen LogP contribution in [0.1, 0.15) is 20.7 Å². The second-order valence-electron chi connectivity index (χ2n) is 5.22. The molecular formula is C18H11F2NO4. The number of H-pyrrole nitrogens is 1. The molecule has 0 saturated heterocycles. The minimum Gasteiger partial charge on any atom is -0.454 e. The summed E-state index contributed by atoms with van der Waals surface area (Å²) >= 11 is 0. The molecule has 7 heteroatoms. The van der Waals surface area contributed by atoms with Gasteiger partial charge in [0.25, 0.3) is 0 Å². The normalized spacial score (nSPS) is 10.6. The van der Waals surface area contributed by atoms with E-state index in [9.17, 15) is 23.2 Å². The molecule has 0 aliphatic rings. The second-order valence-corrected chi connectivity index (χ2v) is 5.22. The summed E-state index contributed by atoms with van der Waals surface area (Å²) in [4.78, 5) is 38.3. The van der Waals surface area contributed by atoms with Crippen LogP contribution in [0.15, 0.2) is 53.3 Å². The first-order valence-corrected chi connectivity index (χ1v) is 7.23. The fourth-order valence-corrected chi connectivity index (χ4v) is 2.37. The maximum atomic E-state index is 13.6. The van der Waals surface area contributed by atoms with E-state index in [1.54, 1.807) is 24.3 Å². The molecule has 1 heterocycles. The number of benzene rings is 2. The van der Waals surface area contributed by atoms with Crippen molar-refractivity contribution in [3.8, 4) is 0 Å². The molecule has 0 amide bonds. The maximum absolute atomic E-state index is 13.6. The van der Waals surface area contributed by atoms with E-state index in [0.717, 1.165) is 24.3 Å². The number of carbonyl (C=O) groups is 2. The van der Waals surface area contributed by atoms with Gasteiger partial charge in [0.2, 0.25) is 11.3 Å². The average molecular weight is 343 g/mol. The molecule has 0 fully saturated rings. The van der Waals surface area contributed by atoms with E-state index in [1.165, 1.54) is 0 Å². The number of para-hydroxylation sites is 1. The molecule has 1 aromatic heterocycles.